The van der Waals surface area contributed by atoms with Crippen LogP contribution in [0.3, 0.4) is 0 Å². The molecule has 2 aromatic carbocycles. The molecule has 2 bridgehead atoms. The van der Waals surface area contributed by atoms with Crippen LogP contribution in [0.5, 0.6) is 0 Å². The van der Waals surface area contributed by atoms with E-state index in [0.717, 1.165) is 18.8 Å². The quantitative estimate of drug-likeness (QED) is 0.368. The Morgan fingerprint density at radius 2 is 1.62 bits per heavy atom. The lowest BCUT2D eigenvalue weighted by molar-refractivity contribution is -0.147. The Morgan fingerprint density at radius 1 is 1.00 bits per heavy atom. The van der Waals surface area contributed by atoms with Gasteiger partial charge in [-0.1, -0.05) is 32.0 Å². The summed E-state index contributed by atoms with van der Waals surface area (Å²) in [6.45, 7) is 11.6. The minimum atomic E-state index is -1.17. The molecule has 3 fully saturated rings. The number of aliphatic hydroxyl groups is 1. The predicted molar refractivity (Wildman–Crippen MR) is 163 cm³/mol. The number of rotatable bonds is 11. The highest BCUT2D eigenvalue weighted by Gasteiger charge is 2.78. The molecular formula is C33H44N4O5. The molecule has 9 heteroatoms. The Morgan fingerprint density at radius 3 is 2.21 bits per heavy atom. The lowest BCUT2D eigenvalue weighted by Gasteiger charge is -2.37. The lowest BCUT2D eigenvalue weighted by Crippen LogP contribution is -2.56. The zero-order valence-corrected chi connectivity index (χ0v) is 25.3. The molecule has 9 nitrogen and oxygen atoms in total. The first kappa shape index (κ1) is 30.0. The normalized spacial score (nSPS) is 28.6. The van der Waals surface area contributed by atoms with Gasteiger partial charge < -0.3 is 30.3 Å². The van der Waals surface area contributed by atoms with Crippen LogP contribution in [0.25, 0.3) is 0 Å². The van der Waals surface area contributed by atoms with Gasteiger partial charge in [-0.3, -0.25) is 14.4 Å². The Balaban J connectivity index is 1.50. The lowest BCUT2D eigenvalue weighted by atomic mass is 9.66. The molecule has 0 saturated carbocycles. The number of hydrogen-bond donors (Lipinski definition) is 3. The third-order valence-electron chi connectivity index (χ3n) is 9.40. The van der Waals surface area contributed by atoms with Gasteiger partial charge in [0.25, 0.3) is 0 Å². The van der Waals surface area contributed by atoms with Crippen LogP contribution in [0, 0.1) is 17.8 Å². The molecule has 0 aliphatic carbocycles. The molecule has 2 aromatic rings. The molecule has 3 aliphatic heterocycles. The molecule has 3 saturated heterocycles. The van der Waals surface area contributed by atoms with E-state index in [1.807, 2.05) is 63.2 Å². The average molecular weight is 577 g/mol. The average Bonchev–Trinajstić information content (AvgIpc) is 3.54. The zero-order chi connectivity index (χ0) is 30.2. The number of amides is 3. The van der Waals surface area contributed by atoms with Crippen molar-refractivity contribution in [2.24, 2.45) is 17.8 Å². The number of aliphatic hydroxyl groups excluding tert-OH is 1. The van der Waals surface area contributed by atoms with Crippen LogP contribution >= 0.6 is 0 Å². The number of anilines is 3. The Kier molecular flexibility index (Phi) is 8.36. The van der Waals surface area contributed by atoms with Crippen molar-refractivity contribution in [1.82, 2.24) is 4.90 Å². The van der Waals surface area contributed by atoms with Crippen molar-refractivity contribution in [1.29, 1.82) is 0 Å². The first-order valence-electron chi connectivity index (χ1n) is 15.2. The van der Waals surface area contributed by atoms with Crippen LogP contribution in [-0.4, -0.2) is 70.7 Å². The molecule has 3 heterocycles. The zero-order valence-electron chi connectivity index (χ0n) is 25.3. The smallest absolute Gasteiger partial charge is 0.250 e. The number of fused-ring (bicyclic) bond motifs is 1. The summed E-state index contributed by atoms with van der Waals surface area (Å²) in [5, 5.41) is 16.5. The second-order valence-electron chi connectivity index (χ2n) is 12.5. The van der Waals surface area contributed by atoms with E-state index in [-0.39, 0.29) is 30.2 Å². The molecular weight excluding hydrogens is 532 g/mol. The molecule has 5 rings (SSSR count). The van der Waals surface area contributed by atoms with E-state index in [4.69, 9.17) is 4.74 Å². The van der Waals surface area contributed by atoms with Crippen LogP contribution in [0.15, 0.2) is 54.6 Å². The monoisotopic (exact) mass is 576 g/mol. The number of para-hydroxylation sites is 1. The highest BCUT2D eigenvalue weighted by molar-refractivity contribution is 6.05. The fourth-order valence-electron chi connectivity index (χ4n) is 7.57. The van der Waals surface area contributed by atoms with E-state index in [1.54, 1.807) is 12.1 Å². The van der Waals surface area contributed by atoms with Gasteiger partial charge >= 0.3 is 0 Å². The van der Waals surface area contributed by atoms with Gasteiger partial charge in [-0.15, -0.1) is 0 Å². The second-order valence-corrected chi connectivity index (χ2v) is 12.5. The Bertz CT molecular complexity index is 1300. The van der Waals surface area contributed by atoms with Crippen LogP contribution in [0.4, 0.5) is 17.1 Å². The summed E-state index contributed by atoms with van der Waals surface area (Å²) in [4.78, 5) is 46.2. The van der Waals surface area contributed by atoms with Gasteiger partial charge in [0, 0.05) is 30.2 Å². The van der Waals surface area contributed by atoms with Crippen molar-refractivity contribution >= 4 is 34.8 Å². The maximum atomic E-state index is 14.4. The van der Waals surface area contributed by atoms with Crippen molar-refractivity contribution in [2.45, 2.75) is 77.2 Å². The van der Waals surface area contributed by atoms with Crippen molar-refractivity contribution < 1.29 is 24.2 Å². The molecule has 3 aliphatic rings. The molecule has 1 spiro atoms. The highest BCUT2D eigenvalue weighted by Crippen LogP contribution is 2.63. The first-order valence-corrected chi connectivity index (χ1v) is 15.2. The Hall–Kier alpha value is -3.43. The summed E-state index contributed by atoms with van der Waals surface area (Å²) < 4.78 is 6.72. The van der Waals surface area contributed by atoms with E-state index < -0.39 is 35.1 Å². The molecule has 226 valence electrons. The number of nitrogens with zero attached hydrogens (tertiary/aromatic N) is 2. The third-order valence-corrected chi connectivity index (χ3v) is 9.40. The van der Waals surface area contributed by atoms with Gasteiger partial charge in [0.05, 0.1) is 30.1 Å². The number of carbonyl (C=O) groups excluding carboxylic acids is 3. The molecule has 42 heavy (non-hydrogen) atoms. The summed E-state index contributed by atoms with van der Waals surface area (Å²) in [5.41, 5.74) is 0.261. The summed E-state index contributed by atoms with van der Waals surface area (Å²) in [6, 6.07) is 15.3. The van der Waals surface area contributed by atoms with Gasteiger partial charge in [-0.2, -0.15) is 0 Å². The van der Waals surface area contributed by atoms with Crippen LogP contribution in [0.2, 0.25) is 0 Å². The largest absolute Gasteiger partial charge is 0.394 e. The number of carbonyl (C=O) groups is 3. The topological polar surface area (TPSA) is 111 Å². The van der Waals surface area contributed by atoms with E-state index >= 15 is 0 Å². The Labute approximate surface area is 248 Å². The maximum Gasteiger partial charge on any atom is 0.250 e. The van der Waals surface area contributed by atoms with Gasteiger partial charge in [0.15, 0.2) is 0 Å². The van der Waals surface area contributed by atoms with Gasteiger partial charge in [-0.25, -0.2) is 0 Å². The standard InChI is InChI=1S/C33H44N4O5/c1-6-36(7-2)24-15-13-23(14-16-24)35-30(40)28-33-18-17-32(5,42-33)26(29(39)34-22-11-9-8-10-12-22)27(33)31(41)37(28)25(20-38)19-21(3)4/h8-16,21,25-28,38H,6-7,17-20H2,1-5H3,(H,34,39)(H,35,40)/t25-,26-,27+,28?,32+,33?/m1/s1. The summed E-state index contributed by atoms with van der Waals surface area (Å²) >= 11 is 0. The van der Waals surface area contributed by atoms with Crippen molar-refractivity contribution in [3.8, 4) is 0 Å². The second kappa shape index (κ2) is 11.7. The third kappa shape index (κ3) is 5.07. The van der Waals surface area contributed by atoms with Crippen LogP contribution in [-0.2, 0) is 19.1 Å². The predicted octanol–water partition coefficient (Wildman–Crippen LogP) is 4.28. The number of ether oxygens (including phenoxy) is 1. The van der Waals surface area contributed by atoms with E-state index in [2.05, 4.69) is 29.4 Å². The van der Waals surface area contributed by atoms with E-state index in [0.29, 0.717) is 30.6 Å². The molecule has 3 N–H and O–H groups in total. The summed E-state index contributed by atoms with van der Waals surface area (Å²) in [7, 11) is 0. The van der Waals surface area contributed by atoms with Crippen molar-refractivity contribution in [2.75, 3.05) is 35.2 Å². The fourth-order valence-corrected chi connectivity index (χ4v) is 7.57. The number of benzene rings is 2. The highest BCUT2D eigenvalue weighted by atomic mass is 16.5. The van der Waals surface area contributed by atoms with Crippen molar-refractivity contribution in [3.63, 3.8) is 0 Å². The number of nitrogens with one attached hydrogen (secondary N) is 2. The summed E-state index contributed by atoms with van der Waals surface area (Å²) in [6.07, 6.45) is 1.55. The van der Waals surface area contributed by atoms with Crippen LogP contribution in [0.1, 0.15) is 53.9 Å². The van der Waals surface area contributed by atoms with Gasteiger partial charge in [0.1, 0.15) is 11.6 Å². The minimum absolute atomic E-state index is 0.177. The number of hydrogen-bond acceptors (Lipinski definition) is 6. The molecule has 0 aromatic heterocycles. The van der Waals surface area contributed by atoms with Crippen molar-refractivity contribution in [3.05, 3.63) is 54.6 Å². The maximum absolute atomic E-state index is 14.4. The summed E-state index contributed by atoms with van der Waals surface area (Å²) in [5.74, 6) is -2.38. The molecule has 3 amide bonds. The fraction of sp³-hybridized carbons (Fsp3) is 0.545. The first-order chi connectivity index (χ1) is 20.1. The van der Waals surface area contributed by atoms with Crippen LogP contribution < -0.4 is 15.5 Å². The molecule has 2 unspecified atom stereocenters. The van der Waals surface area contributed by atoms with Gasteiger partial charge in [0.2, 0.25) is 17.7 Å². The van der Waals surface area contributed by atoms with Gasteiger partial charge in [-0.05, 0) is 82.3 Å². The SMILES string of the molecule is CCN(CC)c1ccc(NC(=O)C2N([C@@H](CO)CC(C)C)C(=O)[C@@H]3[C@H](C(=O)Nc4ccccc4)[C@]4(C)CCC23O4)cc1. The molecule has 6 atom stereocenters. The van der Waals surface area contributed by atoms with E-state index in [9.17, 15) is 19.5 Å². The molecule has 0 radical (unpaired) electrons. The minimum Gasteiger partial charge on any atom is -0.394 e. The number of likely N-dealkylation sites (tertiary alicyclic amines) is 1. The van der Waals surface area contributed by atoms with E-state index in [1.165, 1.54) is 4.90 Å².